The number of amides is 1. The number of carbonyl (C=O) groups is 1. The molecule has 0 N–H and O–H groups in total. The fourth-order valence-corrected chi connectivity index (χ4v) is 7.91. The van der Waals surface area contributed by atoms with Crippen molar-refractivity contribution < 1.29 is 17.9 Å². The minimum absolute atomic E-state index is 0.0158. The monoisotopic (exact) mass is 527 g/mol. The lowest BCUT2D eigenvalue weighted by atomic mass is 10.1. The summed E-state index contributed by atoms with van der Waals surface area (Å²) < 4.78 is 35.0. The van der Waals surface area contributed by atoms with Crippen molar-refractivity contribution in [1.82, 2.24) is 9.29 Å². The molecule has 2 aromatic carbocycles. The Labute approximate surface area is 217 Å². The van der Waals surface area contributed by atoms with Crippen LogP contribution in [0, 0.1) is 13.8 Å². The van der Waals surface area contributed by atoms with Crippen molar-refractivity contribution in [1.29, 1.82) is 0 Å². The summed E-state index contributed by atoms with van der Waals surface area (Å²) in [4.78, 5) is 20.6. The molecular weight excluding hydrogens is 494 g/mol. The van der Waals surface area contributed by atoms with Gasteiger partial charge in [-0.05, 0) is 81.8 Å². The molecule has 9 heteroatoms. The van der Waals surface area contributed by atoms with Gasteiger partial charge in [-0.15, -0.1) is 0 Å². The summed E-state index contributed by atoms with van der Waals surface area (Å²) in [5.74, 6) is -0.199. The first kappa shape index (κ1) is 25.3. The van der Waals surface area contributed by atoms with E-state index in [4.69, 9.17) is 9.72 Å². The van der Waals surface area contributed by atoms with Gasteiger partial charge in [-0.3, -0.25) is 9.69 Å². The molecule has 3 aromatic rings. The Morgan fingerprint density at radius 3 is 2.50 bits per heavy atom. The predicted molar refractivity (Wildman–Crippen MR) is 143 cm³/mol. The third-order valence-corrected chi connectivity index (χ3v) is 10.5. The lowest BCUT2D eigenvalue weighted by molar-refractivity contribution is 0.0917. The lowest BCUT2D eigenvalue weighted by Crippen LogP contribution is -2.42. The number of aryl methyl sites for hydroxylation is 2. The van der Waals surface area contributed by atoms with E-state index in [2.05, 4.69) is 19.1 Å². The van der Waals surface area contributed by atoms with Crippen LogP contribution in [0.3, 0.4) is 0 Å². The zero-order valence-electron chi connectivity index (χ0n) is 21.1. The van der Waals surface area contributed by atoms with Crippen LogP contribution in [-0.2, 0) is 14.8 Å². The lowest BCUT2D eigenvalue weighted by Gasteiger charge is -2.32. The van der Waals surface area contributed by atoms with Gasteiger partial charge in [-0.25, -0.2) is 13.4 Å². The second-order valence-corrected chi connectivity index (χ2v) is 12.8. The van der Waals surface area contributed by atoms with Crippen molar-refractivity contribution in [3.63, 3.8) is 0 Å². The number of nitrogens with zero attached hydrogens (tertiary/aromatic N) is 3. The van der Waals surface area contributed by atoms with Gasteiger partial charge in [0.2, 0.25) is 10.0 Å². The van der Waals surface area contributed by atoms with Crippen LogP contribution in [0.4, 0.5) is 5.13 Å². The number of thiazole rings is 1. The van der Waals surface area contributed by atoms with Crippen LogP contribution < -0.4 is 4.90 Å². The molecular formula is C27H33N3O4S2. The number of anilines is 1. The van der Waals surface area contributed by atoms with E-state index in [9.17, 15) is 13.2 Å². The first-order valence-corrected chi connectivity index (χ1v) is 14.9. The Morgan fingerprint density at radius 1 is 1.08 bits per heavy atom. The Hall–Kier alpha value is -2.33. The van der Waals surface area contributed by atoms with Crippen LogP contribution in [0.15, 0.2) is 41.3 Å². The van der Waals surface area contributed by atoms with Crippen molar-refractivity contribution in [2.24, 2.45) is 0 Å². The zero-order chi connectivity index (χ0) is 25.4. The van der Waals surface area contributed by atoms with Crippen LogP contribution in [0.1, 0.15) is 60.5 Å². The van der Waals surface area contributed by atoms with Gasteiger partial charge in [0.05, 0.1) is 27.8 Å². The molecule has 3 heterocycles. The van der Waals surface area contributed by atoms with Gasteiger partial charge in [0.1, 0.15) is 0 Å². The van der Waals surface area contributed by atoms with Crippen LogP contribution in [0.25, 0.3) is 10.2 Å². The second kappa shape index (κ2) is 10.2. The van der Waals surface area contributed by atoms with Gasteiger partial charge < -0.3 is 4.74 Å². The summed E-state index contributed by atoms with van der Waals surface area (Å²) in [5.41, 5.74) is 3.55. The van der Waals surface area contributed by atoms with E-state index in [0.717, 1.165) is 53.4 Å². The molecule has 1 aromatic heterocycles. The van der Waals surface area contributed by atoms with Gasteiger partial charge in [-0.1, -0.05) is 29.9 Å². The number of carbonyl (C=O) groups excluding carboxylic acids is 1. The third-order valence-electron chi connectivity index (χ3n) is 7.27. The number of ether oxygens (including phenoxy) is 1. The van der Waals surface area contributed by atoms with E-state index in [0.29, 0.717) is 30.4 Å². The maximum Gasteiger partial charge on any atom is 0.260 e. The minimum Gasteiger partial charge on any atom is -0.376 e. The average molecular weight is 528 g/mol. The summed E-state index contributed by atoms with van der Waals surface area (Å²) in [6.45, 7) is 7.70. The highest BCUT2D eigenvalue weighted by molar-refractivity contribution is 7.89. The van der Waals surface area contributed by atoms with Crippen molar-refractivity contribution in [3.8, 4) is 0 Å². The number of aromatic nitrogens is 1. The highest BCUT2D eigenvalue weighted by Crippen LogP contribution is 2.34. The molecule has 0 spiro atoms. The molecule has 1 amide bonds. The first-order chi connectivity index (χ1) is 17.3. The molecule has 7 nitrogen and oxygen atoms in total. The fraction of sp³-hybridized carbons (Fsp3) is 0.481. The molecule has 2 aliphatic heterocycles. The summed E-state index contributed by atoms with van der Waals surface area (Å²) in [6.07, 6.45) is 4.63. The summed E-state index contributed by atoms with van der Waals surface area (Å²) in [6, 6.07) is 10.5. The Bertz CT molecular complexity index is 1320. The van der Waals surface area contributed by atoms with Crippen molar-refractivity contribution in [3.05, 3.63) is 53.1 Å². The highest BCUT2D eigenvalue weighted by atomic mass is 32.2. The van der Waals surface area contributed by atoms with E-state index in [1.807, 2.05) is 13.8 Å². The van der Waals surface area contributed by atoms with Crippen molar-refractivity contribution in [2.75, 3.05) is 24.6 Å². The molecule has 192 valence electrons. The van der Waals surface area contributed by atoms with Crippen molar-refractivity contribution in [2.45, 2.75) is 69.9 Å². The summed E-state index contributed by atoms with van der Waals surface area (Å²) in [5, 5.41) is 0.640. The van der Waals surface area contributed by atoms with E-state index < -0.39 is 10.0 Å². The Balaban J connectivity index is 1.46. The Kier molecular flexibility index (Phi) is 7.18. The molecule has 2 fully saturated rings. The highest BCUT2D eigenvalue weighted by Gasteiger charge is 2.32. The van der Waals surface area contributed by atoms with Crippen LogP contribution >= 0.6 is 11.3 Å². The van der Waals surface area contributed by atoms with E-state index in [1.165, 1.54) is 11.3 Å². The molecule has 0 aliphatic carbocycles. The number of sulfonamides is 1. The number of piperidine rings is 1. The standard InChI is InChI=1S/C27H33N3O4S2/c1-18-9-10-19(2)25-24(18)28-27(35-25)29(17-22-8-6-16-34-22)26(31)21-11-13-23(14-12-21)36(32,33)30-15-5-4-7-20(30)3/h9-14,20,22H,4-8,15-17H2,1-3H3. The van der Waals surface area contributed by atoms with E-state index in [-0.39, 0.29) is 22.9 Å². The molecule has 2 aliphatic rings. The van der Waals surface area contributed by atoms with E-state index in [1.54, 1.807) is 33.5 Å². The summed E-state index contributed by atoms with van der Waals surface area (Å²) >= 11 is 1.51. The number of rotatable bonds is 6. The zero-order valence-corrected chi connectivity index (χ0v) is 22.7. The van der Waals surface area contributed by atoms with Gasteiger partial charge in [-0.2, -0.15) is 4.31 Å². The van der Waals surface area contributed by atoms with Crippen LogP contribution in [-0.4, -0.2) is 55.5 Å². The molecule has 2 unspecified atom stereocenters. The number of hydrogen-bond donors (Lipinski definition) is 0. The maximum atomic E-state index is 13.8. The number of fused-ring (bicyclic) bond motifs is 1. The molecule has 2 atom stereocenters. The number of benzene rings is 2. The van der Waals surface area contributed by atoms with E-state index >= 15 is 0 Å². The first-order valence-electron chi connectivity index (χ1n) is 12.7. The van der Waals surface area contributed by atoms with Gasteiger partial charge in [0.15, 0.2) is 5.13 Å². The molecule has 0 radical (unpaired) electrons. The largest absolute Gasteiger partial charge is 0.376 e. The average Bonchev–Trinajstić information content (AvgIpc) is 3.55. The molecule has 36 heavy (non-hydrogen) atoms. The third kappa shape index (κ3) is 4.81. The Morgan fingerprint density at radius 2 is 1.83 bits per heavy atom. The predicted octanol–water partition coefficient (Wildman–Crippen LogP) is 5.30. The normalized spacial score (nSPS) is 21.2. The SMILES string of the molecule is Cc1ccc(C)c2sc(N(CC3CCCO3)C(=O)c3ccc(S(=O)(=O)N4CCCCC4C)cc3)nc12. The molecule has 0 saturated carbocycles. The quantitative estimate of drug-likeness (QED) is 0.435. The van der Waals surface area contributed by atoms with Gasteiger partial charge in [0.25, 0.3) is 5.91 Å². The van der Waals surface area contributed by atoms with Gasteiger partial charge >= 0.3 is 0 Å². The molecule has 0 bridgehead atoms. The topological polar surface area (TPSA) is 79.8 Å². The van der Waals surface area contributed by atoms with Crippen molar-refractivity contribution >= 4 is 42.6 Å². The summed E-state index contributed by atoms with van der Waals surface area (Å²) in [7, 11) is -3.59. The molecule has 5 rings (SSSR count). The number of hydrogen-bond acceptors (Lipinski definition) is 6. The maximum absolute atomic E-state index is 13.8. The fourth-order valence-electron chi connectivity index (χ4n) is 5.09. The van der Waals surface area contributed by atoms with Crippen LogP contribution in [0.2, 0.25) is 0 Å². The minimum atomic E-state index is -3.59. The smallest absolute Gasteiger partial charge is 0.260 e. The second-order valence-electron chi connectivity index (χ2n) is 9.91. The van der Waals surface area contributed by atoms with Gasteiger partial charge in [0, 0.05) is 24.8 Å². The van der Waals surface area contributed by atoms with Crippen LogP contribution in [0.5, 0.6) is 0 Å². The molecule has 2 saturated heterocycles.